The molecule has 0 amide bonds. The largest absolute Gasteiger partial charge is 0.375 e. The minimum Gasteiger partial charge on any atom is -0.375 e. The number of hydrogen-bond donors (Lipinski definition) is 1. The van der Waals surface area contributed by atoms with Crippen molar-refractivity contribution in [1.29, 1.82) is 0 Å². The molecule has 21 heavy (non-hydrogen) atoms. The lowest BCUT2D eigenvalue weighted by molar-refractivity contribution is 0.0679. The van der Waals surface area contributed by atoms with Gasteiger partial charge in [0.15, 0.2) is 0 Å². The van der Waals surface area contributed by atoms with Crippen LogP contribution in [0, 0.1) is 13.8 Å². The fourth-order valence-corrected chi connectivity index (χ4v) is 2.88. The average molecular weight is 283 g/mol. The number of ether oxygens (including phenoxy) is 1. The fourth-order valence-electron chi connectivity index (χ4n) is 2.88. The molecule has 1 N–H and O–H groups in total. The second-order valence-electron chi connectivity index (χ2n) is 5.46. The van der Waals surface area contributed by atoms with Gasteiger partial charge in [-0.3, -0.25) is 0 Å². The molecule has 0 aliphatic carbocycles. The third-order valence-corrected chi connectivity index (χ3v) is 3.87. The first kappa shape index (κ1) is 15.7. The monoisotopic (exact) mass is 283 g/mol. The highest BCUT2D eigenvalue weighted by Crippen LogP contribution is 2.33. The van der Waals surface area contributed by atoms with Gasteiger partial charge in [-0.25, -0.2) is 0 Å². The molecule has 2 aromatic rings. The summed E-state index contributed by atoms with van der Waals surface area (Å²) in [7, 11) is 1.78. The summed E-state index contributed by atoms with van der Waals surface area (Å²) in [5, 5.41) is 3.58. The molecule has 0 bridgehead atoms. The molecule has 2 aromatic carbocycles. The van der Waals surface area contributed by atoms with E-state index < -0.39 is 0 Å². The Balaban J connectivity index is 2.41. The molecular weight excluding hydrogens is 258 g/mol. The molecule has 112 valence electrons. The predicted molar refractivity (Wildman–Crippen MR) is 88.5 cm³/mol. The number of nitrogens with one attached hydrogen (secondary N) is 1. The van der Waals surface area contributed by atoms with Crippen LogP contribution in [0.15, 0.2) is 48.5 Å². The van der Waals surface area contributed by atoms with Crippen LogP contribution in [0.2, 0.25) is 0 Å². The SMILES string of the molecule is CCNC(c1ccc(C)cc1C)C(OC)c1ccccc1. The summed E-state index contributed by atoms with van der Waals surface area (Å²) in [5.41, 5.74) is 5.10. The van der Waals surface area contributed by atoms with Crippen molar-refractivity contribution >= 4 is 0 Å². The first-order valence-corrected chi connectivity index (χ1v) is 7.55. The van der Waals surface area contributed by atoms with E-state index in [4.69, 9.17) is 4.74 Å². The summed E-state index contributed by atoms with van der Waals surface area (Å²) >= 11 is 0. The second kappa shape index (κ2) is 7.39. The number of rotatable bonds is 6. The maximum absolute atomic E-state index is 5.83. The van der Waals surface area contributed by atoms with Gasteiger partial charge < -0.3 is 10.1 Å². The zero-order chi connectivity index (χ0) is 15.2. The topological polar surface area (TPSA) is 21.3 Å². The Hall–Kier alpha value is -1.64. The molecular formula is C19H25NO. The maximum Gasteiger partial charge on any atom is 0.102 e. The first-order valence-electron chi connectivity index (χ1n) is 7.55. The highest BCUT2D eigenvalue weighted by atomic mass is 16.5. The lowest BCUT2D eigenvalue weighted by Gasteiger charge is -2.29. The standard InChI is InChI=1S/C19H25NO/c1-5-20-18(17-12-11-14(2)13-15(17)3)19(21-4)16-9-7-6-8-10-16/h6-13,18-20H,5H2,1-4H3. The van der Waals surface area contributed by atoms with Crippen LogP contribution in [0.5, 0.6) is 0 Å². The summed E-state index contributed by atoms with van der Waals surface area (Å²) < 4.78 is 5.83. The van der Waals surface area contributed by atoms with Crippen LogP contribution in [0.1, 0.15) is 41.3 Å². The Bertz CT molecular complexity index is 565. The summed E-state index contributed by atoms with van der Waals surface area (Å²) in [5.74, 6) is 0. The molecule has 0 aromatic heterocycles. The second-order valence-corrected chi connectivity index (χ2v) is 5.46. The van der Waals surface area contributed by atoms with Crippen molar-refractivity contribution in [2.24, 2.45) is 0 Å². The van der Waals surface area contributed by atoms with E-state index in [2.05, 4.69) is 68.6 Å². The fraction of sp³-hybridized carbons (Fsp3) is 0.368. The lowest BCUT2D eigenvalue weighted by Crippen LogP contribution is -2.28. The molecule has 2 unspecified atom stereocenters. The zero-order valence-electron chi connectivity index (χ0n) is 13.4. The van der Waals surface area contributed by atoms with E-state index in [0.29, 0.717) is 0 Å². The van der Waals surface area contributed by atoms with Gasteiger partial charge in [0, 0.05) is 7.11 Å². The lowest BCUT2D eigenvalue weighted by atomic mass is 9.91. The maximum atomic E-state index is 5.83. The minimum atomic E-state index is 0.00700. The molecule has 0 radical (unpaired) electrons. The van der Waals surface area contributed by atoms with E-state index in [1.807, 2.05) is 6.07 Å². The van der Waals surface area contributed by atoms with E-state index in [-0.39, 0.29) is 12.1 Å². The number of likely N-dealkylation sites (N-methyl/N-ethyl adjacent to an activating group) is 1. The highest BCUT2D eigenvalue weighted by Gasteiger charge is 2.25. The number of hydrogen-bond acceptors (Lipinski definition) is 2. The zero-order valence-corrected chi connectivity index (χ0v) is 13.4. The van der Waals surface area contributed by atoms with Gasteiger partial charge in [0.25, 0.3) is 0 Å². The molecule has 2 nitrogen and oxygen atoms in total. The van der Waals surface area contributed by atoms with Gasteiger partial charge >= 0.3 is 0 Å². The van der Waals surface area contributed by atoms with Crippen LogP contribution in [0.3, 0.4) is 0 Å². The van der Waals surface area contributed by atoms with E-state index in [1.54, 1.807) is 7.11 Å². The van der Waals surface area contributed by atoms with E-state index >= 15 is 0 Å². The third kappa shape index (κ3) is 3.72. The van der Waals surface area contributed by atoms with Gasteiger partial charge in [0.2, 0.25) is 0 Å². The molecule has 2 heteroatoms. The van der Waals surface area contributed by atoms with Crippen LogP contribution < -0.4 is 5.32 Å². The van der Waals surface area contributed by atoms with Gasteiger partial charge in [0.1, 0.15) is 6.10 Å². The van der Waals surface area contributed by atoms with Crippen molar-refractivity contribution in [1.82, 2.24) is 5.32 Å². The number of benzene rings is 2. The summed E-state index contributed by atoms with van der Waals surface area (Å²) in [6.45, 7) is 7.34. The summed E-state index contributed by atoms with van der Waals surface area (Å²) in [6.07, 6.45) is 0.00700. The normalized spacial score (nSPS) is 13.9. The Morgan fingerprint density at radius 2 is 1.76 bits per heavy atom. The minimum absolute atomic E-state index is 0.00700. The average Bonchev–Trinajstić information content (AvgIpc) is 2.48. The Labute approximate surface area is 128 Å². The van der Waals surface area contributed by atoms with Crippen LogP contribution in [-0.4, -0.2) is 13.7 Å². The van der Waals surface area contributed by atoms with Crippen molar-refractivity contribution < 1.29 is 4.74 Å². The highest BCUT2D eigenvalue weighted by molar-refractivity contribution is 5.35. The molecule has 0 aliphatic heterocycles. The molecule has 0 aliphatic rings. The molecule has 0 saturated heterocycles. The van der Waals surface area contributed by atoms with E-state index in [0.717, 1.165) is 6.54 Å². The number of methoxy groups -OCH3 is 1. The molecule has 0 fully saturated rings. The van der Waals surface area contributed by atoms with E-state index in [1.165, 1.54) is 22.3 Å². The van der Waals surface area contributed by atoms with Crippen LogP contribution in [-0.2, 0) is 4.74 Å². The number of aryl methyl sites for hydroxylation is 2. The van der Waals surface area contributed by atoms with Gasteiger partial charge in [-0.05, 0) is 37.1 Å². The van der Waals surface area contributed by atoms with Crippen molar-refractivity contribution in [2.75, 3.05) is 13.7 Å². The van der Waals surface area contributed by atoms with Crippen LogP contribution >= 0.6 is 0 Å². The van der Waals surface area contributed by atoms with Crippen molar-refractivity contribution in [3.05, 3.63) is 70.8 Å². The Kier molecular flexibility index (Phi) is 5.54. The van der Waals surface area contributed by atoms with Crippen molar-refractivity contribution in [3.8, 4) is 0 Å². The van der Waals surface area contributed by atoms with Crippen molar-refractivity contribution in [3.63, 3.8) is 0 Å². The molecule has 0 spiro atoms. The van der Waals surface area contributed by atoms with Gasteiger partial charge in [-0.1, -0.05) is 61.0 Å². The van der Waals surface area contributed by atoms with Gasteiger partial charge in [-0.15, -0.1) is 0 Å². The third-order valence-electron chi connectivity index (χ3n) is 3.87. The van der Waals surface area contributed by atoms with E-state index in [9.17, 15) is 0 Å². The molecule has 0 heterocycles. The summed E-state index contributed by atoms with van der Waals surface area (Å²) in [6, 6.07) is 17.2. The Morgan fingerprint density at radius 1 is 1.05 bits per heavy atom. The smallest absolute Gasteiger partial charge is 0.102 e. The molecule has 0 saturated carbocycles. The van der Waals surface area contributed by atoms with Gasteiger partial charge in [-0.2, -0.15) is 0 Å². The van der Waals surface area contributed by atoms with Crippen LogP contribution in [0.25, 0.3) is 0 Å². The van der Waals surface area contributed by atoms with Crippen LogP contribution in [0.4, 0.5) is 0 Å². The molecule has 2 atom stereocenters. The predicted octanol–water partition coefficient (Wildman–Crippen LogP) is 4.34. The quantitative estimate of drug-likeness (QED) is 0.851. The van der Waals surface area contributed by atoms with Gasteiger partial charge in [0.05, 0.1) is 6.04 Å². The summed E-state index contributed by atoms with van der Waals surface area (Å²) in [4.78, 5) is 0. The van der Waals surface area contributed by atoms with Crippen molar-refractivity contribution in [2.45, 2.75) is 32.9 Å². The first-order chi connectivity index (χ1) is 10.2. The Morgan fingerprint density at radius 3 is 2.33 bits per heavy atom. The molecule has 2 rings (SSSR count).